The number of nitrogens with two attached hydrogens (primary N) is 1. The van der Waals surface area contributed by atoms with Gasteiger partial charge in [-0.2, -0.15) is 5.10 Å². The fourth-order valence-corrected chi connectivity index (χ4v) is 4.81. The number of fused-ring (bicyclic) bond motifs is 1. The van der Waals surface area contributed by atoms with Crippen LogP contribution in [0.1, 0.15) is 37.8 Å². The molecular weight excluding hydrogens is 314 g/mol. The summed E-state index contributed by atoms with van der Waals surface area (Å²) in [6.45, 7) is 3.01. The van der Waals surface area contributed by atoms with E-state index in [1.807, 2.05) is 26.1 Å². The van der Waals surface area contributed by atoms with Gasteiger partial charge in [0.1, 0.15) is 0 Å². The first-order valence-corrected chi connectivity index (χ1v) is 9.60. The van der Waals surface area contributed by atoms with Gasteiger partial charge in [-0.05, 0) is 31.4 Å². The second-order valence-corrected chi connectivity index (χ2v) is 8.22. The van der Waals surface area contributed by atoms with Gasteiger partial charge in [-0.25, -0.2) is 22.4 Å². The molecule has 2 aromatic rings. The minimum Gasteiger partial charge on any atom is -0.382 e. The fourth-order valence-electron chi connectivity index (χ4n) is 3.22. The minimum absolute atomic E-state index is 0.121. The molecule has 0 radical (unpaired) electrons. The summed E-state index contributed by atoms with van der Waals surface area (Å²) in [7, 11) is -1.34. The summed E-state index contributed by atoms with van der Waals surface area (Å²) >= 11 is 0. The topological polar surface area (TPSA) is 94.1 Å². The van der Waals surface area contributed by atoms with E-state index in [1.165, 1.54) is 0 Å². The van der Waals surface area contributed by atoms with Gasteiger partial charge in [-0.15, -0.1) is 0 Å². The quantitative estimate of drug-likeness (QED) is 0.912. The second-order valence-electron chi connectivity index (χ2n) is 6.13. The summed E-state index contributed by atoms with van der Waals surface area (Å²) in [6, 6.07) is 3.88. The zero-order valence-electron chi connectivity index (χ0n) is 13.6. The van der Waals surface area contributed by atoms with Crippen LogP contribution >= 0.6 is 0 Å². The first kappa shape index (κ1) is 16.2. The molecule has 8 heteroatoms. The SMILES string of the molecule is CCCS(=O)(=O)N1CCC[C@H](c2ccc3c(N)nn(C)c3n2)C1. The average molecular weight is 337 g/mol. The number of nitrogen functional groups attached to an aromatic ring is 1. The largest absolute Gasteiger partial charge is 0.382 e. The summed E-state index contributed by atoms with van der Waals surface area (Å²) in [5.41, 5.74) is 7.52. The highest BCUT2D eigenvalue weighted by Gasteiger charge is 2.29. The van der Waals surface area contributed by atoms with Gasteiger partial charge in [0.15, 0.2) is 11.5 Å². The molecule has 1 atom stereocenters. The van der Waals surface area contributed by atoms with Crippen LogP contribution in [0.4, 0.5) is 5.82 Å². The van der Waals surface area contributed by atoms with Gasteiger partial charge in [0.05, 0.1) is 11.1 Å². The van der Waals surface area contributed by atoms with E-state index in [-0.39, 0.29) is 11.7 Å². The highest BCUT2D eigenvalue weighted by molar-refractivity contribution is 7.89. The normalized spacial score (nSPS) is 20.2. The molecule has 2 N–H and O–H groups in total. The first-order valence-electron chi connectivity index (χ1n) is 7.99. The molecule has 0 aromatic carbocycles. The molecule has 126 valence electrons. The van der Waals surface area contributed by atoms with Gasteiger partial charge in [0.2, 0.25) is 10.0 Å². The van der Waals surface area contributed by atoms with E-state index in [4.69, 9.17) is 5.73 Å². The molecule has 3 rings (SSSR count). The van der Waals surface area contributed by atoms with Crippen molar-refractivity contribution in [1.82, 2.24) is 19.1 Å². The summed E-state index contributed by atoms with van der Waals surface area (Å²) in [4.78, 5) is 4.68. The third-order valence-electron chi connectivity index (χ3n) is 4.39. The second kappa shape index (κ2) is 6.09. The molecule has 0 amide bonds. The molecule has 1 aliphatic heterocycles. The molecule has 2 aromatic heterocycles. The number of anilines is 1. The van der Waals surface area contributed by atoms with Gasteiger partial charge in [0.25, 0.3) is 0 Å². The Bertz CT molecular complexity index is 815. The van der Waals surface area contributed by atoms with E-state index in [9.17, 15) is 8.42 Å². The molecule has 0 saturated carbocycles. The number of piperidine rings is 1. The third kappa shape index (κ3) is 3.05. The van der Waals surface area contributed by atoms with Crippen LogP contribution in [0.3, 0.4) is 0 Å². The van der Waals surface area contributed by atoms with Crippen LogP contribution in [0.5, 0.6) is 0 Å². The van der Waals surface area contributed by atoms with Crippen molar-refractivity contribution in [2.24, 2.45) is 7.05 Å². The van der Waals surface area contributed by atoms with E-state index in [1.54, 1.807) is 8.99 Å². The van der Waals surface area contributed by atoms with Crippen molar-refractivity contribution in [1.29, 1.82) is 0 Å². The Kier molecular flexibility index (Phi) is 4.29. The summed E-state index contributed by atoms with van der Waals surface area (Å²) in [5, 5.41) is 5.02. The summed E-state index contributed by atoms with van der Waals surface area (Å²) < 4.78 is 27.9. The number of rotatable bonds is 4. The standard InChI is InChI=1S/C15H23N5O2S/c1-3-9-23(21,22)20-8-4-5-11(10-20)13-7-6-12-14(16)18-19(2)15(12)17-13/h6-7,11H,3-5,8-10H2,1-2H3,(H2,16,18)/t11-/m0/s1. The molecule has 0 unspecified atom stereocenters. The van der Waals surface area contributed by atoms with Crippen molar-refractivity contribution in [3.8, 4) is 0 Å². The molecular formula is C15H23N5O2S. The lowest BCUT2D eigenvalue weighted by Crippen LogP contribution is -2.40. The predicted octanol–water partition coefficient (Wildman–Crippen LogP) is 1.47. The molecule has 0 spiro atoms. The zero-order valence-corrected chi connectivity index (χ0v) is 14.4. The smallest absolute Gasteiger partial charge is 0.214 e. The van der Waals surface area contributed by atoms with E-state index >= 15 is 0 Å². The van der Waals surface area contributed by atoms with Crippen LogP contribution in [0.2, 0.25) is 0 Å². The van der Waals surface area contributed by atoms with Crippen LogP contribution in [-0.2, 0) is 17.1 Å². The molecule has 1 fully saturated rings. The highest BCUT2D eigenvalue weighted by atomic mass is 32.2. The van der Waals surface area contributed by atoms with Gasteiger partial charge in [-0.1, -0.05) is 6.92 Å². The van der Waals surface area contributed by atoms with Crippen LogP contribution in [-0.4, -0.2) is 46.3 Å². The number of aryl methyl sites for hydroxylation is 1. The van der Waals surface area contributed by atoms with Crippen LogP contribution in [0.25, 0.3) is 11.0 Å². The van der Waals surface area contributed by atoms with Crippen LogP contribution in [0, 0.1) is 0 Å². The van der Waals surface area contributed by atoms with Crippen molar-refractivity contribution in [3.63, 3.8) is 0 Å². The Labute approximate surface area is 136 Å². The first-order chi connectivity index (χ1) is 10.9. The van der Waals surface area contributed by atoms with Crippen molar-refractivity contribution < 1.29 is 8.42 Å². The molecule has 7 nitrogen and oxygen atoms in total. The van der Waals surface area contributed by atoms with Gasteiger partial charge >= 0.3 is 0 Å². The third-order valence-corrected chi connectivity index (χ3v) is 6.44. The van der Waals surface area contributed by atoms with Crippen molar-refractivity contribution >= 4 is 26.9 Å². The summed E-state index contributed by atoms with van der Waals surface area (Å²) in [6.07, 6.45) is 2.45. The highest BCUT2D eigenvalue weighted by Crippen LogP contribution is 2.29. The van der Waals surface area contributed by atoms with Gasteiger partial charge in [0, 0.05) is 31.7 Å². The molecule has 0 aliphatic carbocycles. The lowest BCUT2D eigenvalue weighted by atomic mass is 9.95. The van der Waals surface area contributed by atoms with E-state index in [0.717, 1.165) is 29.6 Å². The van der Waals surface area contributed by atoms with E-state index in [0.29, 0.717) is 25.3 Å². The zero-order chi connectivity index (χ0) is 16.6. The van der Waals surface area contributed by atoms with Crippen LogP contribution < -0.4 is 5.73 Å². The maximum atomic E-state index is 12.3. The number of nitrogens with zero attached hydrogens (tertiary/aromatic N) is 4. The van der Waals surface area contributed by atoms with Crippen molar-refractivity contribution in [2.75, 3.05) is 24.6 Å². The number of pyridine rings is 1. The predicted molar refractivity (Wildman–Crippen MR) is 90.5 cm³/mol. The number of sulfonamides is 1. The Morgan fingerprint density at radius 1 is 1.39 bits per heavy atom. The van der Waals surface area contributed by atoms with E-state index in [2.05, 4.69) is 10.1 Å². The number of hydrogen-bond donors (Lipinski definition) is 1. The number of hydrogen-bond acceptors (Lipinski definition) is 5. The van der Waals surface area contributed by atoms with E-state index < -0.39 is 10.0 Å². The Balaban J connectivity index is 1.88. The van der Waals surface area contributed by atoms with Crippen molar-refractivity contribution in [3.05, 3.63) is 17.8 Å². The molecule has 23 heavy (non-hydrogen) atoms. The average Bonchev–Trinajstić information content (AvgIpc) is 2.82. The number of aromatic nitrogens is 3. The molecule has 1 saturated heterocycles. The van der Waals surface area contributed by atoms with Gasteiger partial charge in [-0.3, -0.25) is 0 Å². The Hall–Kier alpha value is -1.67. The lowest BCUT2D eigenvalue weighted by molar-refractivity contribution is 0.313. The Morgan fingerprint density at radius 3 is 2.91 bits per heavy atom. The van der Waals surface area contributed by atoms with Gasteiger partial charge < -0.3 is 5.73 Å². The molecule has 1 aliphatic rings. The minimum atomic E-state index is -3.15. The fraction of sp³-hybridized carbons (Fsp3) is 0.600. The van der Waals surface area contributed by atoms with Crippen LogP contribution in [0.15, 0.2) is 12.1 Å². The molecule has 0 bridgehead atoms. The maximum Gasteiger partial charge on any atom is 0.214 e. The Morgan fingerprint density at radius 2 is 2.17 bits per heavy atom. The van der Waals surface area contributed by atoms with Crippen molar-refractivity contribution in [2.45, 2.75) is 32.1 Å². The summed E-state index contributed by atoms with van der Waals surface area (Å²) in [5.74, 6) is 0.804. The maximum absolute atomic E-state index is 12.3. The molecule has 3 heterocycles. The lowest BCUT2D eigenvalue weighted by Gasteiger charge is -2.31. The monoisotopic (exact) mass is 337 g/mol.